The van der Waals surface area contributed by atoms with Crippen molar-refractivity contribution in [1.82, 2.24) is 0 Å². The molecule has 0 saturated carbocycles. The third-order valence-electron chi connectivity index (χ3n) is 2.26. The van der Waals surface area contributed by atoms with Crippen LogP contribution in [0.4, 0.5) is 10.1 Å². The summed E-state index contributed by atoms with van der Waals surface area (Å²) >= 11 is 5.95. The number of nitrogens with two attached hydrogens (primary N) is 1. The SMILES string of the molecule is Nc1ccc(Cl)c(OCc2ccc(F)cc2)c1. The zero-order chi connectivity index (χ0) is 12.3. The molecule has 0 saturated heterocycles. The van der Waals surface area contributed by atoms with Gasteiger partial charge in [0.15, 0.2) is 0 Å². The van der Waals surface area contributed by atoms with Crippen molar-refractivity contribution in [2.75, 3.05) is 5.73 Å². The van der Waals surface area contributed by atoms with E-state index in [0.717, 1.165) is 5.56 Å². The Balaban J connectivity index is 2.07. The van der Waals surface area contributed by atoms with Crippen LogP contribution in [0.1, 0.15) is 5.56 Å². The van der Waals surface area contributed by atoms with Gasteiger partial charge in [-0.15, -0.1) is 0 Å². The molecule has 2 aromatic carbocycles. The number of hydrogen-bond acceptors (Lipinski definition) is 2. The summed E-state index contributed by atoms with van der Waals surface area (Å²) in [7, 11) is 0. The quantitative estimate of drug-likeness (QED) is 0.846. The van der Waals surface area contributed by atoms with E-state index in [0.29, 0.717) is 23.1 Å². The third kappa shape index (κ3) is 3.11. The fourth-order valence-corrected chi connectivity index (χ4v) is 1.54. The largest absolute Gasteiger partial charge is 0.487 e. The van der Waals surface area contributed by atoms with E-state index in [1.807, 2.05) is 0 Å². The van der Waals surface area contributed by atoms with Crippen molar-refractivity contribution in [1.29, 1.82) is 0 Å². The summed E-state index contributed by atoms with van der Waals surface area (Å²) in [5, 5.41) is 0.501. The monoisotopic (exact) mass is 251 g/mol. The molecule has 0 radical (unpaired) electrons. The van der Waals surface area contributed by atoms with Crippen molar-refractivity contribution in [2.24, 2.45) is 0 Å². The van der Waals surface area contributed by atoms with Crippen LogP contribution in [0.2, 0.25) is 5.02 Å². The predicted molar refractivity (Wildman–Crippen MR) is 66.6 cm³/mol. The maximum atomic E-state index is 12.7. The molecule has 0 atom stereocenters. The molecule has 0 bridgehead atoms. The highest BCUT2D eigenvalue weighted by molar-refractivity contribution is 6.32. The fourth-order valence-electron chi connectivity index (χ4n) is 1.37. The summed E-state index contributed by atoms with van der Waals surface area (Å²) in [6.07, 6.45) is 0. The molecule has 4 heteroatoms. The molecule has 2 rings (SSSR count). The molecule has 17 heavy (non-hydrogen) atoms. The Kier molecular flexibility index (Phi) is 3.49. The number of nitrogen functional groups attached to an aromatic ring is 1. The first kappa shape index (κ1) is 11.7. The molecular weight excluding hydrogens is 241 g/mol. The van der Waals surface area contributed by atoms with E-state index in [-0.39, 0.29) is 5.82 Å². The van der Waals surface area contributed by atoms with Crippen molar-refractivity contribution >= 4 is 17.3 Å². The van der Waals surface area contributed by atoms with E-state index < -0.39 is 0 Å². The highest BCUT2D eigenvalue weighted by Gasteiger charge is 2.02. The molecule has 88 valence electrons. The van der Waals surface area contributed by atoms with E-state index >= 15 is 0 Å². The molecule has 0 aliphatic carbocycles. The first-order valence-electron chi connectivity index (χ1n) is 5.07. The number of halogens is 2. The van der Waals surface area contributed by atoms with Gasteiger partial charge in [-0.25, -0.2) is 4.39 Å². The Morgan fingerprint density at radius 1 is 1.12 bits per heavy atom. The second-order valence-corrected chi connectivity index (χ2v) is 4.01. The van der Waals surface area contributed by atoms with E-state index in [1.165, 1.54) is 12.1 Å². The lowest BCUT2D eigenvalue weighted by Gasteiger charge is -2.08. The summed E-state index contributed by atoms with van der Waals surface area (Å²) in [4.78, 5) is 0. The summed E-state index contributed by atoms with van der Waals surface area (Å²) in [6.45, 7) is 0.323. The summed E-state index contributed by atoms with van der Waals surface area (Å²) in [5.41, 5.74) is 7.08. The first-order valence-corrected chi connectivity index (χ1v) is 5.45. The van der Waals surface area contributed by atoms with Gasteiger partial charge in [-0.2, -0.15) is 0 Å². The van der Waals surface area contributed by atoms with Crippen LogP contribution in [-0.2, 0) is 6.61 Å². The summed E-state index contributed by atoms with van der Waals surface area (Å²) < 4.78 is 18.2. The molecule has 2 nitrogen and oxygen atoms in total. The Labute approximate surface area is 104 Å². The maximum Gasteiger partial charge on any atom is 0.140 e. The predicted octanol–water partition coefficient (Wildman–Crippen LogP) is 3.64. The topological polar surface area (TPSA) is 35.2 Å². The van der Waals surface area contributed by atoms with Gasteiger partial charge in [-0.3, -0.25) is 0 Å². The van der Waals surface area contributed by atoms with E-state index in [1.54, 1.807) is 30.3 Å². The van der Waals surface area contributed by atoms with Crippen LogP contribution >= 0.6 is 11.6 Å². The number of rotatable bonds is 3. The van der Waals surface area contributed by atoms with Gasteiger partial charge in [0.25, 0.3) is 0 Å². The van der Waals surface area contributed by atoms with Crippen molar-refractivity contribution < 1.29 is 9.13 Å². The molecule has 0 fully saturated rings. The second-order valence-electron chi connectivity index (χ2n) is 3.61. The standard InChI is InChI=1S/C13H11ClFNO/c14-12-6-5-11(16)7-13(12)17-8-9-1-3-10(15)4-2-9/h1-7H,8,16H2. The molecule has 0 aromatic heterocycles. The average Bonchev–Trinajstić information content (AvgIpc) is 2.32. The lowest BCUT2D eigenvalue weighted by atomic mass is 10.2. The van der Waals surface area contributed by atoms with Crippen molar-refractivity contribution in [3.8, 4) is 5.75 Å². The van der Waals surface area contributed by atoms with Crippen LogP contribution in [-0.4, -0.2) is 0 Å². The molecular formula is C13H11ClFNO. The van der Waals surface area contributed by atoms with Crippen molar-refractivity contribution in [3.05, 3.63) is 58.9 Å². The minimum absolute atomic E-state index is 0.268. The molecule has 0 amide bonds. The van der Waals surface area contributed by atoms with Crippen LogP contribution in [0, 0.1) is 5.82 Å². The van der Waals surface area contributed by atoms with Crippen molar-refractivity contribution in [2.45, 2.75) is 6.61 Å². The summed E-state index contributed by atoms with van der Waals surface area (Å²) in [6, 6.07) is 11.1. The number of ether oxygens (including phenoxy) is 1. The van der Waals surface area contributed by atoms with E-state index in [2.05, 4.69) is 0 Å². The maximum absolute atomic E-state index is 12.7. The Hall–Kier alpha value is -1.74. The molecule has 2 aromatic rings. The molecule has 0 spiro atoms. The highest BCUT2D eigenvalue weighted by atomic mass is 35.5. The Morgan fingerprint density at radius 2 is 1.82 bits per heavy atom. The van der Waals surface area contributed by atoms with Gasteiger partial charge < -0.3 is 10.5 Å². The molecule has 0 unspecified atom stereocenters. The fraction of sp³-hybridized carbons (Fsp3) is 0.0769. The lowest BCUT2D eigenvalue weighted by molar-refractivity contribution is 0.306. The molecule has 2 N–H and O–H groups in total. The lowest BCUT2D eigenvalue weighted by Crippen LogP contribution is -1.97. The van der Waals surface area contributed by atoms with Crippen LogP contribution in [0.25, 0.3) is 0 Å². The van der Waals surface area contributed by atoms with Crippen LogP contribution in [0.5, 0.6) is 5.75 Å². The van der Waals surface area contributed by atoms with Gasteiger partial charge >= 0.3 is 0 Å². The Bertz CT molecular complexity index is 513. The zero-order valence-electron chi connectivity index (χ0n) is 8.99. The highest BCUT2D eigenvalue weighted by Crippen LogP contribution is 2.27. The third-order valence-corrected chi connectivity index (χ3v) is 2.58. The minimum Gasteiger partial charge on any atom is -0.487 e. The zero-order valence-corrected chi connectivity index (χ0v) is 9.75. The van der Waals surface area contributed by atoms with Gasteiger partial charge in [0.1, 0.15) is 18.2 Å². The van der Waals surface area contributed by atoms with Crippen molar-refractivity contribution in [3.63, 3.8) is 0 Å². The smallest absolute Gasteiger partial charge is 0.140 e. The minimum atomic E-state index is -0.268. The Morgan fingerprint density at radius 3 is 2.53 bits per heavy atom. The molecule has 0 aliphatic rings. The summed E-state index contributed by atoms with van der Waals surface area (Å²) in [5.74, 6) is 0.256. The average molecular weight is 252 g/mol. The number of hydrogen-bond donors (Lipinski definition) is 1. The van der Waals surface area contributed by atoms with E-state index in [9.17, 15) is 4.39 Å². The van der Waals surface area contributed by atoms with Crippen LogP contribution in [0.3, 0.4) is 0 Å². The normalized spacial score (nSPS) is 10.2. The van der Waals surface area contributed by atoms with Crippen LogP contribution < -0.4 is 10.5 Å². The van der Waals surface area contributed by atoms with Gasteiger partial charge in [-0.1, -0.05) is 23.7 Å². The molecule has 0 aliphatic heterocycles. The van der Waals surface area contributed by atoms with Gasteiger partial charge in [0.2, 0.25) is 0 Å². The van der Waals surface area contributed by atoms with Gasteiger partial charge in [0.05, 0.1) is 5.02 Å². The van der Waals surface area contributed by atoms with Gasteiger partial charge in [0, 0.05) is 11.8 Å². The first-order chi connectivity index (χ1) is 8.15. The van der Waals surface area contributed by atoms with Crippen LogP contribution in [0.15, 0.2) is 42.5 Å². The molecule has 0 heterocycles. The number of benzene rings is 2. The number of anilines is 1. The van der Waals surface area contributed by atoms with Gasteiger partial charge in [-0.05, 0) is 29.8 Å². The van der Waals surface area contributed by atoms with E-state index in [4.69, 9.17) is 22.1 Å². The second kappa shape index (κ2) is 5.06.